The predicted molar refractivity (Wildman–Crippen MR) is 76.5 cm³/mol. The molecule has 1 heterocycles. The second-order valence-corrected chi connectivity index (χ2v) is 4.93. The first kappa shape index (κ1) is 11.3. The summed E-state index contributed by atoms with van der Waals surface area (Å²) in [5, 5.41) is 3.41. The number of hydrogen-bond acceptors (Lipinski definition) is 2. The molecule has 2 aromatic rings. The van der Waals surface area contributed by atoms with Crippen molar-refractivity contribution >= 4 is 5.69 Å². The van der Waals surface area contributed by atoms with Crippen molar-refractivity contribution in [1.82, 2.24) is 5.32 Å². The number of nitrogens with two attached hydrogens (primary N) is 1. The lowest BCUT2D eigenvalue weighted by Crippen LogP contribution is -2.07. The largest absolute Gasteiger partial charge is 0.399 e. The number of nitrogen functional groups attached to an aromatic ring is 1. The molecule has 1 atom stereocenters. The van der Waals surface area contributed by atoms with E-state index >= 15 is 0 Å². The van der Waals surface area contributed by atoms with Crippen molar-refractivity contribution in [3.63, 3.8) is 0 Å². The third-order valence-electron chi connectivity index (χ3n) is 3.69. The van der Waals surface area contributed by atoms with Crippen molar-refractivity contribution in [2.24, 2.45) is 0 Å². The van der Waals surface area contributed by atoms with E-state index in [1.165, 1.54) is 23.1 Å². The van der Waals surface area contributed by atoms with Crippen molar-refractivity contribution in [2.45, 2.75) is 12.3 Å². The monoisotopic (exact) mass is 238 g/mol. The summed E-state index contributed by atoms with van der Waals surface area (Å²) in [4.78, 5) is 0. The Morgan fingerprint density at radius 3 is 2.06 bits per heavy atom. The van der Waals surface area contributed by atoms with E-state index in [2.05, 4.69) is 41.7 Å². The maximum Gasteiger partial charge on any atom is 0.0314 e. The van der Waals surface area contributed by atoms with Crippen LogP contribution in [0.25, 0.3) is 11.1 Å². The first-order valence-electron chi connectivity index (χ1n) is 6.49. The highest BCUT2D eigenvalue weighted by molar-refractivity contribution is 5.65. The van der Waals surface area contributed by atoms with Gasteiger partial charge in [0.2, 0.25) is 0 Å². The van der Waals surface area contributed by atoms with Gasteiger partial charge in [0.15, 0.2) is 0 Å². The van der Waals surface area contributed by atoms with E-state index in [1.807, 2.05) is 12.1 Å². The summed E-state index contributed by atoms with van der Waals surface area (Å²) in [6, 6.07) is 17.0. The van der Waals surface area contributed by atoms with Crippen molar-refractivity contribution in [3.05, 3.63) is 54.1 Å². The van der Waals surface area contributed by atoms with Crippen LogP contribution < -0.4 is 11.1 Å². The van der Waals surface area contributed by atoms with E-state index < -0.39 is 0 Å². The Labute approximate surface area is 108 Å². The third-order valence-corrected chi connectivity index (χ3v) is 3.69. The van der Waals surface area contributed by atoms with Gasteiger partial charge < -0.3 is 11.1 Å². The van der Waals surface area contributed by atoms with Gasteiger partial charge in [-0.25, -0.2) is 0 Å². The van der Waals surface area contributed by atoms with Gasteiger partial charge in [0.1, 0.15) is 0 Å². The van der Waals surface area contributed by atoms with Crippen molar-refractivity contribution < 1.29 is 0 Å². The highest BCUT2D eigenvalue weighted by Gasteiger charge is 2.15. The zero-order valence-electron chi connectivity index (χ0n) is 10.4. The molecule has 2 heteroatoms. The standard InChI is InChI=1S/C16H18N2/c17-16-7-5-13(6-8-16)12-1-3-14(4-2-12)15-9-10-18-11-15/h1-8,15,18H,9-11,17H2. The predicted octanol–water partition coefficient (Wildman–Crippen LogP) is 3.01. The quantitative estimate of drug-likeness (QED) is 0.789. The summed E-state index contributed by atoms with van der Waals surface area (Å²) >= 11 is 0. The topological polar surface area (TPSA) is 38.0 Å². The molecule has 3 rings (SSSR count). The number of rotatable bonds is 2. The SMILES string of the molecule is Nc1ccc(-c2ccc(C3CCNC3)cc2)cc1. The molecule has 2 aromatic carbocycles. The fourth-order valence-corrected chi connectivity index (χ4v) is 2.56. The normalized spacial score (nSPS) is 19.0. The number of anilines is 1. The summed E-state index contributed by atoms with van der Waals surface area (Å²) in [5.74, 6) is 0.686. The number of hydrogen-bond donors (Lipinski definition) is 2. The second-order valence-electron chi connectivity index (χ2n) is 4.93. The molecule has 1 aliphatic rings. The van der Waals surface area contributed by atoms with E-state index in [-0.39, 0.29) is 0 Å². The smallest absolute Gasteiger partial charge is 0.0314 e. The molecule has 0 aromatic heterocycles. The molecule has 0 saturated carbocycles. The van der Waals surface area contributed by atoms with E-state index in [1.54, 1.807) is 0 Å². The van der Waals surface area contributed by atoms with Crippen LogP contribution in [0, 0.1) is 0 Å². The molecule has 0 amide bonds. The van der Waals surface area contributed by atoms with Crippen molar-refractivity contribution in [3.8, 4) is 11.1 Å². The molecule has 92 valence electrons. The Bertz CT molecular complexity index is 508. The molecule has 1 unspecified atom stereocenters. The summed E-state index contributed by atoms with van der Waals surface area (Å²) in [6.07, 6.45) is 1.25. The average molecular weight is 238 g/mol. The Balaban J connectivity index is 1.84. The average Bonchev–Trinajstić information content (AvgIpc) is 2.94. The van der Waals surface area contributed by atoms with E-state index in [4.69, 9.17) is 5.73 Å². The number of nitrogens with one attached hydrogen (secondary N) is 1. The maximum absolute atomic E-state index is 5.70. The summed E-state index contributed by atoms with van der Waals surface area (Å²) < 4.78 is 0. The molecule has 1 saturated heterocycles. The lowest BCUT2D eigenvalue weighted by Gasteiger charge is -2.10. The van der Waals surface area contributed by atoms with Gasteiger partial charge in [-0.2, -0.15) is 0 Å². The maximum atomic E-state index is 5.70. The zero-order valence-corrected chi connectivity index (χ0v) is 10.4. The van der Waals surface area contributed by atoms with Crippen LogP contribution in [0.15, 0.2) is 48.5 Å². The Hall–Kier alpha value is -1.80. The molecule has 1 fully saturated rings. The van der Waals surface area contributed by atoms with Crippen LogP contribution in [-0.2, 0) is 0 Å². The van der Waals surface area contributed by atoms with Crippen LogP contribution in [0.4, 0.5) is 5.69 Å². The van der Waals surface area contributed by atoms with E-state index in [0.29, 0.717) is 5.92 Å². The van der Waals surface area contributed by atoms with E-state index in [0.717, 1.165) is 18.8 Å². The van der Waals surface area contributed by atoms with Crippen LogP contribution >= 0.6 is 0 Å². The molecule has 18 heavy (non-hydrogen) atoms. The van der Waals surface area contributed by atoms with Crippen molar-refractivity contribution in [1.29, 1.82) is 0 Å². The summed E-state index contributed by atoms with van der Waals surface area (Å²) in [6.45, 7) is 2.26. The van der Waals surface area contributed by atoms with E-state index in [9.17, 15) is 0 Å². The molecule has 1 aliphatic heterocycles. The van der Waals surface area contributed by atoms with Crippen LogP contribution in [0.1, 0.15) is 17.9 Å². The Kier molecular flexibility index (Phi) is 3.03. The Morgan fingerprint density at radius 1 is 0.889 bits per heavy atom. The van der Waals surface area contributed by atoms with Crippen LogP contribution in [0.3, 0.4) is 0 Å². The van der Waals surface area contributed by atoms with Crippen LogP contribution in [0.2, 0.25) is 0 Å². The highest BCUT2D eigenvalue weighted by atomic mass is 14.9. The lowest BCUT2D eigenvalue weighted by atomic mass is 9.96. The van der Waals surface area contributed by atoms with Gasteiger partial charge in [-0.3, -0.25) is 0 Å². The van der Waals surface area contributed by atoms with Crippen LogP contribution in [-0.4, -0.2) is 13.1 Å². The van der Waals surface area contributed by atoms with Gasteiger partial charge in [-0.05, 0) is 47.7 Å². The Morgan fingerprint density at radius 2 is 1.50 bits per heavy atom. The summed E-state index contributed by atoms with van der Waals surface area (Å²) in [7, 11) is 0. The lowest BCUT2D eigenvalue weighted by molar-refractivity contribution is 0.763. The number of benzene rings is 2. The minimum Gasteiger partial charge on any atom is -0.399 e. The highest BCUT2D eigenvalue weighted by Crippen LogP contribution is 2.26. The van der Waals surface area contributed by atoms with Gasteiger partial charge in [0.05, 0.1) is 0 Å². The van der Waals surface area contributed by atoms with Gasteiger partial charge in [-0.1, -0.05) is 36.4 Å². The van der Waals surface area contributed by atoms with Gasteiger partial charge in [-0.15, -0.1) is 0 Å². The molecule has 3 N–H and O–H groups in total. The van der Waals surface area contributed by atoms with Gasteiger partial charge >= 0.3 is 0 Å². The molecular weight excluding hydrogens is 220 g/mol. The second kappa shape index (κ2) is 4.83. The minimum absolute atomic E-state index is 0.686. The molecule has 2 nitrogen and oxygen atoms in total. The molecule has 0 radical (unpaired) electrons. The fraction of sp³-hybridized carbons (Fsp3) is 0.250. The van der Waals surface area contributed by atoms with Crippen LogP contribution in [0.5, 0.6) is 0 Å². The first-order valence-corrected chi connectivity index (χ1v) is 6.49. The molecule has 0 spiro atoms. The molecule has 0 bridgehead atoms. The fourth-order valence-electron chi connectivity index (χ4n) is 2.56. The van der Waals surface area contributed by atoms with Gasteiger partial charge in [0.25, 0.3) is 0 Å². The first-order chi connectivity index (χ1) is 8.83. The molecular formula is C16H18N2. The zero-order chi connectivity index (χ0) is 12.4. The summed E-state index contributed by atoms with van der Waals surface area (Å²) in [5.41, 5.74) is 10.4. The third kappa shape index (κ3) is 2.24. The van der Waals surface area contributed by atoms with Crippen molar-refractivity contribution in [2.75, 3.05) is 18.8 Å². The molecule has 0 aliphatic carbocycles. The minimum atomic E-state index is 0.686. The van der Waals surface area contributed by atoms with Gasteiger partial charge in [0, 0.05) is 12.2 Å².